The number of hydrogen-bond acceptors (Lipinski definition) is 3. The zero-order chi connectivity index (χ0) is 14.8. The molecule has 0 fully saturated rings. The van der Waals surface area contributed by atoms with Crippen molar-refractivity contribution < 1.29 is 9.53 Å². The van der Waals surface area contributed by atoms with E-state index in [1.165, 1.54) is 0 Å². The molecule has 0 atom stereocenters. The van der Waals surface area contributed by atoms with E-state index in [0.29, 0.717) is 11.3 Å². The largest absolute Gasteiger partial charge is 0.496 e. The van der Waals surface area contributed by atoms with Crippen LogP contribution in [0, 0.1) is 6.92 Å². The first-order chi connectivity index (χ1) is 10.2. The number of Topliss-reactive ketones (excluding diaryl/α,β-unsaturated/α-hetero) is 1. The highest BCUT2D eigenvalue weighted by Crippen LogP contribution is 2.21. The Labute approximate surface area is 123 Å². The number of methoxy groups -OCH3 is 1. The third-order valence-electron chi connectivity index (χ3n) is 3.50. The van der Waals surface area contributed by atoms with Crippen LogP contribution in [-0.2, 0) is 6.54 Å². The van der Waals surface area contributed by atoms with Crippen molar-refractivity contribution >= 4 is 16.8 Å². The smallest absolute Gasteiger partial charge is 0.186 e. The highest BCUT2D eigenvalue weighted by Gasteiger charge is 2.14. The second-order valence-corrected chi connectivity index (χ2v) is 4.99. The number of carbonyl (C=O) groups excluding carboxylic acids is 1. The molecule has 0 saturated heterocycles. The number of imidazole rings is 1. The van der Waals surface area contributed by atoms with Gasteiger partial charge in [0.05, 0.1) is 36.6 Å². The molecule has 106 valence electrons. The summed E-state index contributed by atoms with van der Waals surface area (Å²) in [5, 5.41) is 0. The van der Waals surface area contributed by atoms with Gasteiger partial charge in [-0.15, -0.1) is 0 Å². The molecule has 0 radical (unpaired) electrons. The van der Waals surface area contributed by atoms with E-state index in [2.05, 4.69) is 4.98 Å². The molecule has 0 bridgehead atoms. The maximum Gasteiger partial charge on any atom is 0.186 e. The lowest BCUT2D eigenvalue weighted by molar-refractivity contribution is 0.0970. The van der Waals surface area contributed by atoms with E-state index in [1.807, 2.05) is 54.0 Å². The molecule has 0 unspecified atom stereocenters. The maximum absolute atomic E-state index is 12.6. The van der Waals surface area contributed by atoms with E-state index < -0.39 is 0 Å². The van der Waals surface area contributed by atoms with E-state index in [-0.39, 0.29) is 12.3 Å². The van der Waals surface area contributed by atoms with Crippen LogP contribution in [-0.4, -0.2) is 22.4 Å². The van der Waals surface area contributed by atoms with Crippen LogP contribution in [0.2, 0.25) is 0 Å². The zero-order valence-electron chi connectivity index (χ0n) is 12.0. The fraction of sp³-hybridized carbons (Fsp3) is 0.176. The van der Waals surface area contributed by atoms with Gasteiger partial charge in [-0.1, -0.05) is 23.8 Å². The first-order valence-corrected chi connectivity index (χ1v) is 6.77. The molecule has 0 amide bonds. The minimum atomic E-state index is 0.0127. The predicted octanol–water partition coefficient (Wildman–Crippen LogP) is 3.24. The summed E-state index contributed by atoms with van der Waals surface area (Å²) in [5.41, 5.74) is 3.49. The van der Waals surface area contributed by atoms with Crippen molar-refractivity contribution in [2.75, 3.05) is 7.11 Å². The highest BCUT2D eigenvalue weighted by atomic mass is 16.5. The van der Waals surface area contributed by atoms with E-state index in [9.17, 15) is 4.79 Å². The van der Waals surface area contributed by atoms with Gasteiger partial charge in [-0.05, 0) is 31.2 Å². The minimum Gasteiger partial charge on any atom is -0.496 e. The quantitative estimate of drug-likeness (QED) is 0.689. The van der Waals surface area contributed by atoms with Gasteiger partial charge in [-0.3, -0.25) is 4.79 Å². The second-order valence-electron chi connectivity index (χ2n) is 4.99. The summed E-state index contributed by atoms with van der Waals surface area (Å²) < 4.78 is 7.14. The topological polar surface area (TPSA) is 44.1 Å². The molecule has 0 aliphatic rings. The standard InChI is InChI=1S/C17H16N2O2/c1-12-7-8-17(21-2)13(9-12)16(20)10-19-11-18-14-5-3-4-6-15(14)19/h3-9,11H,10H2,1-2H3. The fourth-order valence-electron chi connectivity index (χ4n) is 2.42. The van der Waals surface area contributed by atoms with Crippen molar-refractivity contribution in [1.82, 2.24) is 9.55 Å². The summed E-state index contributed by atoms with van der Waals surface area (Å²) in [6, 6.07) is 13.4. The molecule has 0 N–H and O–H groups in total. The average Bonchev–Trinajstić information content (AvgIpc) is 2.90. The second kappa shape index (κ2) is 5.40. The molecule has 4 nitrogen and oxygen atoms in total. The predicted molar refractivity (Wildman–Crippen MR) is 81.8 cm³/mol. The number of rotatable bonds is 4. The Bertz CT molecular complexity index is 805. The van der Waals surface area contributed by atoms with Crippen LogP contribution in [0.4, 0.5) is 0 Å². The number of para-hydroxylation sites is 2. The molecule has 3 rings (SSSR count). The molecule has 0 spiro atoms. The number of carbonyl (C=O) groups is 1. The van der Waals surface area contributed by atoms with Crippen molar-refractivity contribution in [3.8, 4) is 5.75 Å². The number of benzene rings is 2. The Hall–Kier alpha value is -2.62. The number of nitrogens with zero attached hydrogens (tertiary/aromatic N) is 2. The number of ketones is 1. The summed E-state index contributed by atoms with van der Waals surface area (Å²) in [4.78, 5) is 16.9. The molecule has 0 aliphatic carbocycles. The normalized spacial score (nSPS) is 10.8. The van der Waals surface area contributed by atoms with Gasteiger partial charge in [-0.25, -0.2) is 4.98 Å². The van der Waals surface area contributed by atoms with Crippen molar-refractivity contribution in [2.45, 2.75) is 13.5 Å². The molecule has 0 aliphatic heterocycles. The summed E-state index contributed by atoms with van der Waals surface area (Å²) in [6.45, 7) is 2.21. The van der Waals surface area contributed by atoms with Crippen LogP contribution in [0.25, 0.3) is 11.0 Å². The Balaban J connectivity index is 1.95. The Morgan fingerprint density at radius 2 is 2.05 bits per heavy atom. The molecular weight excluding hydrogens is 264 g/mol. The third-order valence-corrected chi connectivity index (χ3v) is 3.50. The van der Waals surface area contributed by atoms with Crippen molar-refractivity contribution in [3.63, 3.8) is 0 Å². The number of hydrogen-bond donors (Lipinski definition) is 0. The van der Waals surface area contributed by atoms with Crippen LogP contribution in [0.15, 0.2) is 48.8 Å². The Morgan fingerprint density at radius 3 is 2.86 bits per heavy atom. The number of fused-ring (bicyclic) bond motifs is 1. The fourth-order valence-corrected chi connectivity index (χ4v) is 2.42. The molecule has 21 heavy (non-hydrogen) atoms. The first-order valence-electron chi connectivity index (χ1n) is 6.77. The van der Waals surface area contributed by atoms with Gasteiger partial charge in [-0.2, -0.15) is 0 Å². The van der Waals surface area contributed by atoms with E-state index in [4.69, 9.17) is 4.74 Å². The van der Waals surface area contributed by atoms with E-state index in [0.717, 1.165) is 16.6 Å². The summed E-state index contributed by atoms with van der Waals surface area (Å²) in [5.74, 6) is 0.619. The molecule has 4 heteroatoms. The lowest BCUT2D eigenvalue weighted by atomic mass is 10.1. The summed E-state index contributed by atoms with van der Waals surface area (Å²) >= 11 is 0. The summed E-state index contributed by atoms with van der Waals surface area (Å²) in [7, 11) is 1.58. The van der Waals surface area contributed by atoms with Gasteiger partial charge >= 0.3 is 0 Å². The van der Waals surface area contributed by atoms with Crippen LogP contribution >= 0.6 is 0 Å². The Kier molecular flexibility index (Phi) is 3.44. The molecule has 1 heterocycles. The van der Waals surface area contributed by atoms with Crippen molar-refractivity contribution in [1.29, 1.82) is 0 Å². The van der Waals surface area contributed by atoms with Gasteiger partial charge in [0.15, 0.2) is 5.78 Å². The van der Waals surface area contributed by atoms with Gasteiger partial charge in [0.2, 0.25) is 0 Å². The number of aromatic nitrogens is 2. The van der Waals surface area contributed by atoms with Crippen molar-refractivity contribution in [2.24, 2.45) is 0 Å². The SMILES string of the molecule is COc1ccc(C)cc1C(=O)Cn1cnc2ccccc21. The maximum atomic E-state index is 12.6. The number of ether oxygens (including phenoxy) is 1. The van der Waals surface area contributed by atoms with E-state index >= 15 is 0 Å². The van der Waals surface area contributed by atoms with Crippen LogP contribution in [0.3, 0.4) is 0 Å². The first kappa shape index (κ1) is 13.4. The van der Waals surface area contributed by atoms with Crippen LogP contribution < -0.4 is 4.74 Å². The van der Waals surface area contributed by atoms with Gasteiger partial charge in [0.1, 0.15) is 5.75 Å². The van der Waals surface area contributed by atoms with Gasteiger partial charge < -0.3 is 9.30 Å². The van der Waals surface area contributed by atoms with Gasteiger partial charge in [0, 0.05) is 0 Å². The van der Waals surface area contributed by atoms with E-state index in [1.54, 1.807) is 13.4 Å². The molecule has 2 aromatic carbocycles. The minimum absolute atomic E-state index is 0.0127. The molecule has 1 aromatic heterocycles. The third kappa shape index (κ3) is 2.52. The number of aryl methyl sites for hydroxylation is 1. The van der Waals surface area contributed by atoms with Crippen LogP contribution in [0.5, 0.6) is 5.75 Å². The average molecular weight is 280 g/mol. The summed E-state index contributed by atoms with van der Waals surface area (Å²) in [6.07, 6.45) is 1.70. The molecule has 3 aromatic rings. The van der Waals surface area contributed by atoms with Crippen LogP contribution in [0.1, 0.15) is 15.9 Å². The lowest BCUT2D eigenvalue weighted by Crippen LogP contribution is -2.11. The monoisotopic (exact) mass is 280 g/mol. The zero-order valence-corrected chi connectivity index (χ0v) is 12.0. The molecule has 0 saturated carbocycles. The Morgan fingerprint density at radius 1 is 1.24 bits per heavy atom. The highest BCUT2D eigenvalue weighted by molar-refractivity contribution is 5.99. The molecular formula is C17H16N2O2. The van der Waals surface area contributed by atoms with Gasteiger partial charge in [0.25, 0.3) is 0 Å². The lowest BCUT2D eigenvalue weighted by Gasteiger charge is -2.09. The van der Waals surface area contributed by atoms with Crippen molar-refractivity contribution in [3.05, 3.63) is 59.9 Å².